The molecule has 0 bridgehead atoms. The number of unbranched alkanes of at least 4 members (excludes halogenated alkanes) is 5. The molecule has 0 aliphatic carbocycles. The van der Waals surface area contributed by atoms with E-state index in [2.05, 4.69) is 22.2 Å². The number of hydrogen-bond acceptors (Lipinski definition) is 4. The molecule has 0 atom stereocenters. The number of carboxylic acid groups (broad SMARTS) is 1. The molecule has 0 spiro atoms. The fourth-order valence-electron chi connectivity index (χ4n) is 1.65. The third-order valence-electron chi connectivity index (χ3n) is 2.71. The highest BCUT2D eigenvalue weighted by Gasteiger charge is 2.03. The summed E-state index contributed by atoms with van der Waals surface area (Å²) in [5.41, 5.74) is -0.0277. The van der Waals surface area contributed by atoms with E-state index < -0.39 is 5.97 Å². The van der Waals surface area contributed by atoms with Gasteiger partial charge >= 0.3 is 5.97 Å². The molecule has 5 heteroatoms. The molecule has 100 valence electrons. The molecule has 5 nitrogen and oxygen atoms in total. The Labute approximate surface area is 108 Å². The first-order chi connectivity index (χ1) is 8.74. The summed E-state index contributed by atoms with van der Waals surface area (Å²) in [7, 11) is 0. The zero-order valence-electron chi connectivity index (χ0n) is 10.9. The standard InChI is InChI=1S/C13H21N3O2/c1-2-3-4-5-6-7-8-14-12-10-15-11(9-16-12)13(17)18/h9-10H,2-8H2,1H3,(H,14,16)(H,17,18). The van der Waals surface area contributed by atoms with Crippen LogP contribution in [0.2, 0.25) is 0 Å². The van der Waals surface area contributed by atoms with Crippen molar-refractivity contribution in [3.63, 3.8) is 0 Å². The number of rotatable bonds is 9. The highest BCUT2D eigenvalue weighted by molar-refractivity contribution is 5.84. The van der Waals surface area contributed by atoms with Crippen LogP contribution in [0.1, 0.15) is 55.9 Å². The van der Waals surface area contributed by atoms with E-state index in [-0.39, 0.29) is 5.69 Å². The largest absolute Gasteiger partial charge is 0.476 e. The Morgan fingerprint density at radius 3 is 2.50 bits per heavy atom. The number of carboxylic acids is 1. The van der Waals surface area contributed by atoms with E-state index in [0.717, 1.165) is 13.0 Å². The maximum atomic E-state index is 10.6. The molecule has 0 saturated carbocycles. The highest BCUT2D eigenvalue weighted by atomic mass is 16.4. The molecule has 0 aliphatic rings. The number of carbonyl (C=O) groups is 1. The summed E-state index contributed by atoms with van der Waals surface area (Å²) in [6.45, 7) is 3.06. The maximum Gasteiger partial charge on any atom is 0.356 e. The minimum absolute atomic E-state index is 0.0277. The Morgan fingerprint density at radius 2 is 1.89 bits per heavy atom. The monoisotopic (exact) mass is 251 g/mol. The first kappa shape index (κ1) is 14.4. The molecule has 0 radical (unpaired) electrons. The van der Waals surface area contributed by atoms with Gasteiger partial charge in [-0.25, -0.2) is 14.8 Å². The Hall–Kier alpha value is -1.65. The van der Waals surface area contributed by atoms with Gasteiger partial charge in [-0.15, -0.1) is 0 Å². The number of anilines is 1. The average molecular weight is 251 g/mol. The quantitative estimate of drug-likeness (QED) is 0.660. The third kappa shape index (κ3) is 5.61. The molecule has 0 aliphatic heterocycles. The van der Waals surface area contributed by atoms with Crippen LogP contribution in [0.15, 0.2) is 12.4 Å². The van der Waals surface area contributed by atoms with Crippen molar-refractivity contribution in [1.82, 2.24) is 9.97 Å². The smallest absolute Gasteiger partial charge is 0.356 e. The van der Waals surface area contributed by atoms with Gasteiger partial charge in [-0.3, -0.25) is 0 Å². The van der Waals surface area contributed by atoms with Crippen molar-refractivity contribution < 1.29 is 9.90 Å². The summed E-state index contributed by atoms with van der Waals surface area (Å²) in [5, 5.41) is 11.8. The van der Waals surface area contributed by atoms with Crippen LogP contribution in [-0.2, 0) is 0 Å². The molecule has 1 heterocycles. The number of hydrogen-bond donors (Lipinski definition) is 2. The second kappa shape index (κ2) is 8.44. The van der Waals surface area contributed by atoms with Gasteiger partial charge in [-0.2, -0.15) is 0 Å². The summed E-state index contributed by atoms with van der Waals surface area (Å²) >= 11 is 0. The second-order valence-electron chi connectivity index (χ2n) is 4.29. The first-order valence-electron chi connectivity index (χ1n) is 6.53. The Bertz CT molecular complexity index is 352. The van der Waals surface area contributed by atoms with Crippen LogP contribution in [0.4, 0.5) is 5.82 Å². The van der Waals surface area contributed by atoms with Crippen LogP contribution < -0.4 is 5.32 Å². The van der Waals surface area contributed by atoms with Gasteiger partial charge in [-0.1, -0.05) is 39.0 Å². The lowest BCUT2D eigenvalue weighted by atomic mass is 10.1. The van der Waals surface area contributed by atoms with Gasteiger partial charge in [0.25, 0.3) is 0 Å². The molecule has 0 unspecified atom stereocenters. The van der Waals surface area contributed by atoms with Gasteiger partial charge in [-0.05, 0) is 6.42 Å². The number of aromatic nitrogens is 2. The molecule has 0 aromatic carbocycles. The fourth-order valence-corrected chi connectivity index (χ4v) is 1.65. The van der Waals surface area contributed by atoms with Gasteiger partial charge in [0.2, 0.25) is 0 Å². The summed E-state index contributed by atoms with van der Waals surface area (Å²) < 4.78 is 0. The van der Waals surface area contributed by atoms with E-state index in [4.69, 9.17) is 5.11 Å². The minimum Gasteiger partial charge on any atom is -0.476 e. The lowest BCUT2D eigenvalue weighted by Crippen LogP contribution is -2.06. The van der Waals surface area contributed by atoms with E-state index in [9.17, 15) is 4.79 Å². The Morgan fingerprint density at radius 1 is 1.17 bits per heavy atom. The van der Waals surface area contributed by atoms with Crippen molar-refractivity contribution in [3.8, 4) is 0 Å². The molecular weight excluding hydrogens is 230 g/mol. The maximum absolute atomic E-state index is 10.6. The van der Waals surface area contributed by atoms with Crippen molar-refractivity contribution in [3.05, 3.63) is 18.1 Å². The number of nitrogens with zero attached hydrogens (tertiary/aromatic N) is 2. The van der Waals surface area contributed by atoms with E-state index in [0.29, 0.717) is 5.82 Å². The van der Waals surface area contributed by atoms with Crippen LogP contribution in [0.25, 0.3) is 0 Å². The highest BCUT2D eigenvalue weighted by Crippen LogP contribution is 2.06. The number of nitrogens with one attached hydrogen (secondary N) is 1. The topological polar surface area (TPSA) is 75.1 Å². The zero-order valence-corrected chi connectivity index (χ0v) is 10.9. The Kier molecular flexibility index (Phi) is 6.76. The molecule has 2 N–H and O–H groups in total. The van der Waals surface area contributed by atoms with Crippen LogP contribution in [-0.4, -0.2) is 27.6 Å². The van der Waals surface area contributed by atoms with Gasteiger partial charge in [0.15, 0.2) is 5.69 Å². The second-order valence-corrected chi connectivity index (χ2v) is 4.29. The van der Waals surface area contributed by atoms with Crippen molar-refractivity contribution in [2.75, 3.05) is 11.9 Å². The number of aromatic carboxylic acids is 1. The average Bonchev–Trinajstić information content (AvgIpc) is 2.38. The van der Waals surface area contributed by atoms with Crippen molar-refractivity contribution in [1.29, 1.82) is 0 Å². The lowest BCUT2D eigenvalue weighted by molar-refractivity contribution is 0.0690. The predicted octanol–water partition coefficient (Wildman–Crippen LogP) is 2.95. The molecular formula is C13H21N3O2. The summed E-state index contributed by atoms with van der Waals surface area (Å²) in [6.07, 6.45) is 10.2. The first-order valence-corrected chi connectivity index (χ1v) is 6.53. The zero-order chi connectivity index (χ0) is 13.2. The van der Waals surface area contributed by atoms with E-state index in [1.165, 1.54) is 44.5 Å². The molecule has 0 fully saturated rings. The van der Waals surface area contributed by atoms with Crippen molar-refractivity contribution in [2.24, 2.45) is 0 Å². The molecule has 1 rings (SSSR count). The van der Waals surface area contributed by atoms with Gasteiger partial charge in [0, 0.05) is 6.54 Å². The summed E-state index contributed by atoms with van der Waals surface area (Å²) in [6, 6.07) is 0. The molecule has 1 aromatic rings. The Balaban J connectivity index is 2.14. The third-order valence-corrected chi connectivity index (χ3v) is 2.71. The van der Waals surface area contributed by atoms with Gasteiger partial charge < -0.3 is 10.4 Å². The van der Waals surface area contributed by atoms with Crippen molar-refractivity contribution >= 4 is 11.8 Å². The SMILES string of the molecule is CCCCCCCCNc1cnc(C(=O)O)cn1. The van der Waals surface area contributed by atoms with Crippen molar-refractivity contribution in [2.45, 2.75) is 45.4 Å². The van der Waals surface area contributed by atoms with E-state index >= 15 is 0 Å². The van der Waals surface area contributed by atoms with E-state index in [1.54, 1.807) is 0 Å². The molecule has 0 amide bonds. The summed E-state index contributed by atoms with van der Waals surface area (Å²) in [4.78, 5) is 18.4. The van der Waals surface area contributed by atoms with Gasteiger partial charge in [0.1, 0.15) is 5.82 Å². The predicted molar refractivity (Wildman–Crippen MR) is 70.9 cm³/mol. The normalized spacial score (nSPS) is 10.3. The molecule has 0 saturated heterocycles. The molecule has 1 aromatic heterocycles. The van der Waals surface area contributed by atoms with Crippen LogP contribution >= 0.6 is 0 Å². The molecule has 18 heavy (non-hydrogen) atoms. The van der Waals surface area contributed by atoms with E-state index in [1.807, 2.05) is 0 Å². The van der Waals surface area contributed by atoms with Gasteiger partial charge in [0.05, 0.1) is 12.4 Å². The van der Waals surface area contributed by atoms with Crippen LogP contribution in [0, 0.1) is 0 Å². The van der Waals surface area contributed by atoms with Crippen LogP contribution in [0.3, 0.4) is 0 Å². The summed E-state index contributed by atoms with van der Waals surface area (Å²) in [5.74, 6) is -0.418. The lowest BCUT2D eigenvalue weighted by Gasteiger charge is -2.05. The fraction of sp³-hybridized carbons (Fsp3) is 0.615. The minimum atomic E-state index is -1.05. The van der Waals surface area contributed by atoms with Crippen LogP contribution in [0.5, 0.6) is 0 Å².